The normalized spacial score (nSPS) is 21.4. The molecule has 1 aromatic rings. The Morgan fingerprint density at radius 2 is 1.93 bits per heavy atom. The molecule has 0 aromatic heterocycles. The summed E-state index contributed by atoms with van der Waals surface area (Å²) in [7, 11) is 0. The van der Waals surface area contributed by atoms with Gasteiger partial charge in [0.15, 0.2) is 0 Å². The van der Waals surface area contributed by atoms with Crippen molar-refractivity contribution < 1.29 is 5.11 Å². The van der Waals surface area contributed by atoms with E-state index in [4.69, 9.17) is 0 Å². The predicted molar refractivity (Wildman–Crippen MR) is 58.9 cm³/mol. The SMILES string of the molecule is CC1C=C(O)C(c2ccccc2)=CC1. The van der Waals surface area contributed by atoms with E-state index in [0.29, 0.717) is 11.7 Å². The van der Waals surface area contributed by atoms with Crippen molar-refractivity contribution in [2.24, 2.45) is 5.92 Å². The van der Waals surface area contributed by atoms with Crippen LogP contribution in [0, 0.1) is 5.92 Å². The van der Waals surface area contributed by atoms with Gasteiger partial charge in [0.1, 0.15) is 5.76 Å². The zero-order chi connectivity index (χ0) is 9.97. The Bertz CT molecular complexity index is 373. The molecule has 1 aliphatic rings. The molecule has 1 aromatic carbocycles. The third-order valence-electron chi connectivity index (χ3n) is 2.50. The van der Waals surface area contributed by atoms with Crippen LogP contribution in [0.4, 0.5) is 0 Å². The van der Waals surface area contributed by atoms with Gasteiger partial charge in [-0.1, -0.05) is 43.3 Å². The molecular weight excluding hydrogens is 172 g/mol. The monoisotopic (exact) mass is 186 g/mol. The highest BCUT2D eigenvalue weighted by Crippen LogP contribution is 2.28. The van der Waals surface area contributed by atoms with Crippen LogP contribution in [-0.2, 0) is 0 Å². The van der Waals surface area contributed by atoms with Crippen LogP contribution in [-0.4, -0.2) is 5.11 Å². The van der Waals surface area contributed by atoms with E-state index in [-0.39, 0.29) is 0 Å². The van der Waals surface area contributed by atoms with Crippen molar-refractivity contribution in [3.05, 3.63) is 53.8 Å². The van der Waals surface area contributed by atoms with E-state index in [1.165, 1.54) is 0 Å². The maximum absolute atomic E-state index is 9.79. The third kappa shape index (κ3) is 1.72. The summed E-state index contributed by atoms with van der Waals surface area (Å²) in [5.74, 6) is 0.859. The smallest absolute Gasteiger partial charge is 0.119 e. The molecule has 0 spiro atoms. The van der Waals surface area contributed by atoms with Crippen LogP contribution in [0.3, 0.4) is 0 Å². The van der Waals surface area contributed by atoms with E-state index >= 15 is 0 Å². The average Bonchev–Trinajstić information content (AvgIpc) is 2.19. The molecule has 1 nitrogen and oxygen atoms in total. The summed E-state index contributed by atoms with van der Waals surface area (Å²) in [6.07, 6.45) is 5.03. The van der Waals surface area contributed by atoms with Gasteiger partial charge in [-0.3, -0.25) is 0 Å². The summed E-state index contributed by atoms with van der Waals surface area (Å²) in [4.78, 5) is 0. The summed E-state index contributed by atoms with van der Waals surface area (Å²) >= 11 is 0. The van der Waals surface area contributed by atoms with Gasteiger partial charge < -0.3 is 5.11 Å². The minimum atomic E-state index is 0.412. The minimum Gasteiger partial charge on any atom is -0.508 e. The van der Waals surface area contributed by atoms with Gasteiger partial charge in [0.2, 0.25) is 0 Å². The lowest BCUT2D eigenvalue weighted by atomic mass is 9.93. The molecule has 72 valence electrons. The Kier molecular flexibility index (Phi) is 2.40. The first-order valence-corrected chi connectivity index (χ1v) is 4.94. The van der Waals surface area contributed by atoms with Crippen LogP contribution >= 0.6 is 0 Å². The van der Waals surface area contributed by atoms with Crippen LogP contribution in [0.25, 0.3) is 5.57 Å². The fraction of sp³-hybridized carbons (Fsp3) is 0.231. The summed E-state index contributed by atoms with van der Waals surface area (Å²) in [6.45, 7) is 2.11. The topological polar surface area (TPSA) is 20.2 Å². The highest BCUT2D eigenvalue weighted by atomic mass is 16.3. The number of hydrogen-bond acceptors (Lipinski definition) is 1. The molecular formula is C13H14O. The second kappa shape index (κ2) is 3.70. The van der Waals surface area contributed by atoms with Gasteiger partial charge in [-0.2, -0.15) is 0 Å². The number of rotatable bonds is 1. The number of aliphatic hydroxyl groups excluding tert-OH is 1. The molecule has 0 heterocycles. The largest absolute Gasteiger partial charge is 0.508 e. The van der Waals surface area contributed by atoms with Gasteiger partial charge in [-0.25, -0.2) is 0 Å². The van der Waals surface area contributed by atoms with Gasteiger partial charge in [0, 0.05) is 5.57 Å². The van der Waals surface area contributed by atoms with Crippen LogP contribution < -0.4 is 0 Å². The van der Waals surface area contributed by atoms with Crippen LogP contribution in [0.15, 0.2) is 48.2 Å². The maximum atomic E-state index is 9.79. The quantitative estimate of drug-likeness (QED) is 0.711. The van der Waals surface area contributed by atoms with Crippen molar-refractivity contribution in [2.75, 3.05) is 0 Å². The van der Waals surface area contributed by atoms with Gasteiger partial charge >= 0.3 is 0 Å². The molecule has 0 saturated heterocycles. The van der Waals surface area contributed by atoms with Crippen LogP contribution in [0.2, 0.25) is 0 Å². The van der Waals surface area contributed by atoms with Gasteiger partial charge in [-0.05, 0) is 24.0 Å². The molecule has 1 aliphatic carbocycles. The molecule has 1 atom stereocenters. The highest BCUT2D eigenvalue weighted by molar-refractivity contribution is 5.77. The standard InChI is InChI=1S/C13H14O/c1-10-7-8-12(13(14)9-10)11-5-3-2-4-6-11/h2-6,8-10,14H,7H2,1H3. The van der Waals surface area contributed by atoms with Gasteiger partial charge in [-0.15, -0.1) is 0 Å². The second-order valence-electron chi connectivity index (χ2n) is 3.75. The Hall–Kier alpha value is -1.50. The molecule has 0 radical (unpaired) electrons. The first kappa shape index (κ1) is 9.07. The van der Waals surface area contributed by atoms with Gasteiger partial charge in [0.25, 0.3) is 0 Å². The molecule has 0 saturated carbocycles. The van der Waals surface area contributed by atoms with Crippen molar-refractivity contribution in [2.45, 2.75) is 13.3 Å². The number of hydrogen-bond donors (Lipinski definition) is 1. The first-order valence-electron chi connectivity index (χ1n) is 4.94. The molecule has 0 bridgehead atoms. The number of aliphatic hydroxyl groups is 1. The molecule has 2 rings (SSSR count). The third-order valence-corrected chi connectivity index (χ3v) is 2.50. The molecule has 0 amide bonds. The Labute approximate surface area is 84.4 Å². The molecule has 0 aliphatic heterocycles. The lowest BCUT2D eigenvalue weighted by molar-refractivity contribution is 0.426. The van der Waals surface area contributed by atoms with E-state index in [0.717, 1.165) is 17.6 Å². The zero-order valence-electron chi connectivity index (χ0n) is 8.27. The molecule has 14 heavy (non-hydrogen) atoms. The van der Waals surface area contributed by atoms with Crippen molar-refractivity contribution in [3.63, 3.8) is 0 Å². The van der Waals surface area contributed by atoms with Crippen LogP contribution in [0.1, 0.15) is 18.9 Å². The van der Waals surface area contributed by atoms with Crippen molar-refractivity contribution in [1.29, 1.82) is 0 Å². The van der Waals surface area contributed by atoms with Crippen molar-refractivity contribution in [1.82, 2.24) is 0 Å². The molecule has 1 heteroatoms. The molecule has 0 fully saturated rings. The van der Waals surface area contributed by atoms with E-state index < -0.39 is 0 Å². The summed E-state index contributed by atoms with van der Waals surface area (Å²) in [6, 6.07) is 10.00. The summed E-state index contributed by atoms with van der Waals surface area (Å²) in [5.41, 5.74) is 2.05. The lowest BCUT2D eigenvalue weighted by Gasteiger charge is -2.15. The van der Waals surface area contributed by atoms with Crippen molar-refractivity contribution >= 4 is 5.57 Å². The average molecular weight is 186 g/mol. The Morgan fingerprint density at radius 3 is 2.57 bits per heavy atom. The number of benzene rings is 1. The lowest BCUT2D eigenvalue weighted by Crippen LogP contribution is -2.00. The second-order valence-corrected chi connectivity index (χ2v) is 3.75. The number of allylic oxidation sites excluding steroid dienone is 3. The highest BCUT2D eigenvalue weighted by Gasteiger charge is 2.12. The van der Waals surface area contributed by atoms with Gasteiger partial charge in [0.05, 0.1) is 0 Å². The van der Waals surface area contributed by atoms with E-state index in [1.54, 1.807) is 0 Å². The maximum Gasteiger partial charge on any atom is 0.119 e. The fourth-order valence-electron chi connectivity index (χ4n) is 1.72. The predicted octanol–water partition coefficient (Wildman–Crippen LogP) is 3.55. The first-order chi connectivity index (χ1) is 6.77. The van der Waals surface area contributed by atoms with E-state index in [2.05, 4.69) is 13.0 Å². The Morgan fingerprint density at radius 1 is 1.21 bits per heavy atom. The van der Waals surface area contributed by atoms with Crippen molar-refractivity contribution in [3.8, 4) is 0 Å². The van der Waals surface area contributed by atoms with Crippen LogP contribution in [0.5, 0.6) is 0 Å². The Balaban J connectivity index is 2.34. The molecule has 1 unspecified atom stereocenters. The van der Waals surface area contributed by atoms with E-state index in [9.17, 15) is 5.11 Å². The fourth-order valence-corrected chi connectivity index (χ4v) is 1.72. The minimum absolute atomic E-state index is 0.412. The molecule has 1 N–H and O–H groups in total. The van der Waals surface area contributed by atoms with E-state index in [1.807, 2.05) is 36.4 Å². The zero-order valence-corrected chi connectivity index (χ0v) is 8.27. The summed E-state index contributed by atoms with van der Waals surface area (Å²) < 4.78 is 0. The summed E-state index contributed by atoms with van der Waals surface area (Å²) in [5, 5.41) is 9.79.